The summed E-state index contributed by atoms with van der Waals surface area (Å²) in [6, 6.07) is 7.42. The van der Waals surface area contributed by atoms with E-state index in [9.17, 15) is 4.79 Å². The normalized spacial score (nSPS) is 17.2. The van der Waals surface area contributed by atoms with Crippen LogP contribution in [0.3, 0.4) is 0 Å². The SMILES string of the molecule is COc1cccc(CCNC(=O)C(N)C2CCOCC2)c1. The zero-order valence-corrected chi connectivity index (χ0v) is 12.5. The van der Waals surface area contributed by atoms with Gasteiger partial charge in [0.05, 0.1) is 13.2 Å². The van der Waals surface area contributed by atoms with Crippen molar-refractivity contribution in [2.45, 2.75) is 25.3 Å². The van der Waals surface area contributed by atoms with Gasteiger partial charge in [-0.2, -0.15) is 0 Å². The maximum atomic E-state index is 12.1. The molecule has 0 aromatic heterocycles. The highest BCUT2D eigenvalue weighted by atomic mass is 16.5. The summed E-state index contributed by atoms with van der Waals surface area (Å²) in [5.41, 5.74) is 7.16. The summed E-state index contributed by atoms with van der Waals surface area (Å²) in [7, 11) is 1.65. The van der Waals surface area contributed by atoms with Crippen LogP contribution in [0.1, 0.15) is 18.4 Å². The number of benzene rings is 1. The van der Waals surface area contributed by atoms with Gasteiger partial charge in [0.15, 0.2) is 0 Å². The molecule has 1 aromatic rings. The number of rotatable bonds is 6. The van der Waals surface area contributed by atoms with E-state index in [-0.39, 0.29) is 11.8 Å². The molecule has 1 heterocycles. The quantitative estimate of drug-likeness (QED) is 0.823. The average Bonchev–Trinajstić information content (AvgIpc) is 2.55. The highest BCUT2D eigenvalue weighted by Gasteiger charge is 2.26. The number of methoxy groups -OCH3 is 1. The third-order valence-corrected chi connectivity index (χ3v) is 3.92. The number of carbonyl (C=O) groups excluding carboxylic acids is 1. The molecule has 3 N–H and O–H groups in total. The second kappa shape index (κ2) is 8.00. The minimum absolute atomic E-state index is 0.0650. The smallest absolute Gasteiger partial charge is 0.237 e. The molecular weight excluding hydrogens is 268 g/mol. The van der Waals surface area contributed by atoms with Crippen molar-refractivity contribution in [3.05, 3.63) is 29.8 Å². The molecule has 1 aromatic carbocycles. The van der Waals surface area contributed by atoms with Crippen molar-refractivity contribution in [2.75, 3.05) is 26.9 Å². The van der Waals surface area contributed by atoms with E-state index in [2.05, 4.69) is 5.32 Å². The Labute approximate surface area is 125 Å². The molecule has 0 saturated carbocycles. The largest absolute Gasteiger partial charge is 0.497 e. The van der Waals surface area contributed by atoms with E-state index in [0.29, 0.717) is 19.8 Å². The van der Waals surface area contributed by atoms with Crippen molar-refractivity contribution in [2.24, 2.45) is 11.7 Å². The standard InChI is InChI=1S/C16H24N2O3/c1-20-14-4-2-3-12(11-14)5-8-18-16(19)15(17)13-6-9-21-10-7-13/h2-4,11,13,15H,5-10,17H2,1H3,(H,18,19). The average molecular weight is 292 g/mol. The first kappa shape index (κ1) is 15.8. The number of nitrogens with one attached hydrogen (secondary N) is 1. The first-order chi connectivity index (χ1) is 10.2. The fourth-order valence-electron chi connectivity index (χ4n) is 2.56. The van der Waals surface area contributed by atoms with Crippen molar-refractivity contribution in [1.82, 2.24) is 5.32 Å². The van der Waals surface area contributed by atoms with Crippen molar-refractivity contribution < 1.29 is 14.3 Å². The zero-order valence-electron chi connectivity index (χ0n) is 12.5. The third kappa shape index (κ3) is 4.72. The first-order valence-electron chi connectivity index (χ1n) is 7.44. The predicted octanol–water partition coefficient (Wildman–Crippen LogP) is 1.11. The van der Waals surface area contributed by atoms with Crippen LogP contribution in [0.15, 0.2) is 24.3 Å². The molecule has 1 amide bonds. The lowest BCUT2D eigenvalue weighted by atomic mass is 9.92. The maximum absolute atomic E-state index is 12.1. The van der Waals surface area contributed by atoms with Crippen molar-refractivity contribution in [3.8, 4) is 5.75 Å². The molecule has 0 radical (unpaired) electrons. The van der Waals surface area contributed by atoms with E-state index in [1.165, 1.54) is 0 Å². The van der Waals surface area contributed by atoms with Gasteiger partial charge in [0.25, 0.3) is 0 Å². The Morgan fingerprint density at radius 2 is 2.24 bits per heavy atom. The molecule has 0 bridgehead atoms. The van der Waals surface area contributed by atoms with Gasteiger partial charge in [0, 0.05) is 19.8 Å². The molecule has 1 atom stereocenters. The molecule has 2 rings (SSSR count). The molecule has 1 fully saturated rings. The topological polar surface area (TPSA) is 73.6 Å². The van der Waals surface area contributed by atoms with Crippen molar-refractivity contribution >= 4 is 5.91 Å². The molecule has 5 heteroatoms. The van der Waals surface area contributed by atoms with Gasteiger partial charge in [0.1, 0.15) is 5.75 Å². The minimum Gasteiger partial charge on any atom is -0.497 e. The molecule has 5 nitrogen and oxygen atoms in total. The Morgan fingerprint density at radius 3 is 2.95 bits per heavy atom. The Morgan fingerprint density at radius 1 is 1.48 bits per heavy atom. The number of amides is 1. The number of hydrogen-bond donors (Lipinski definition) is 2. The molecule has 0 aliphatic carbocycles. The third-order valence-electron chi connectivity index (χ3n) is 3.92. The summed E-state index contributed by atoms with van der Waals surface area (Å²) in [6.07, 6.45) is 2.50. The summed E-state index contributed by atoms with van der Waals surface area (Å²) in [4.78, 5) is 12.1. The summed E-state index contributed by atoms with van der Waals surface area (Å²) >= 11 is 0. The van der Waals surface area contributed by atoms with Crippen LogP contribution < -0.4 is 15.8 Å². The number of nitrogens with two attached hydrogens (primary N) is 1. The van der Waals surface area contributed by atoms with Gasteiger partial charge in [-0.05, 0) is 42.9 Å². The Hall–Kier alpha value is -1.59. The van der Waals surface area contributed by atoms with Crippen LogP contribution in [-0.2, 0) is 16.0 Å². The van der Waals surface area contributed by atoms with Crippen LogP contribution in [0, 0.1) is 5.92 Å². The van der Waals surface area contributed by atoms with E-state index < -0.39 is 6.04 Å². The summed E-state index contributed by atoms with van der Waals surface area (Å²) in [5.74, 6) is 0.998. The molecule has 1 aliphatic heterocycles. The molecule has 1 aliphatic rings. The van der Waals surface area contributed by atoms with E-state index in [0.717, 1.165) is 30.6 Å². The number of carbonyl (C=O) groups is 1. The number of ether oxygens (including phenoxy) is 2. The van der Waals surface area contributed by atoms with Gasteiger partial charge in [-0.25, -0.2) is 0 Å². The maximum Gasteiger partial charge on any atom is 0.237 e. The van der Waals surface area contributed by atoms with Crippen LogP contribution in [-0.4, -0.2) is 38.8 Å². The van der Waals surface area contributed by atoms with Crippen LogP contribution >= 0.6 is 0 Å². The van der Waals surface area contributed by atoms with Gasteiger partial charge in [-0.3, -0.25) is 4.79 Å². The fourth-order valence-corrected chi connectivity index (χ4v) is 2.56. The summed E-state index contributed by atoms with van der Waals surface area (Å²) < 4.78 is 10.5. The molecular formula is C16H24N2O3. The zero-order chi connectivity index (χ0) is 15.1. The molecule has 116 valence electrons. The minimum atomic E-state index is -0.431. The molecule has 0 spiro atoms. The lowest BCUT2D eigenvalue weighted by Crippen LogP contribution is -2.47. The van der Waals surface area contributed by atoms with E-state index in [1.54, 1.807) is 7.11 Å². The van der Waals surface area contributed by atoms with Crippen molar-refractivity contribution in [1.29, 1.82) is 0 Å². The second-order valence-electron chi connectivity index (χ2n) is 5.37. The van der Waals surface area contributed by atoms with Crippen LogP contribution in [0.25, 0.3) is 0 Å². The van der Waals surface area contributed by atoms with Crippen LogP contribution in [0.5, 0.6) is 5.75 Å². The monoisotopic (exact) mass is 292 g/mol. The van der Waals surface area contributed by atoms with Gasteiger partial charge in [-0.15, -0.1) is 0 Å². The van der Waals surface area contributed by atoms with E-state index in [1.807, 2.05) is 24.3 Å². The lowest BCUT2D eigenvalue weighted by Gasteiger charge is -2.26. The van der Waals surface area contributed by atoms with E-state index in [4.69, 9.17) is 15.2 Å². The predicted molar refractivity (Wildman–Crippen MR) is 81.2 cm³/mol. The van der Waals surface area contributed by atoms with E-state index >= 15 is 0 Å². The summed E-state index contributed by atoms with van der Waals surface area (Å²) in [5, 5.41) is 2.92. The molecule has 21 heavy (non-hydrogen) atoms. The molecule has 1 saturated heterocycles. The second-order valence-corrected chi connectivity index (χ2v) is 5.37. The van der Waals surface area contributed by atoms with Gasteiger partial charge < -0.3 is 20.5 Å². The van der Waals surface area contributed by atoms with Crippen molar-refractivity contribution in [3.63, 3.8) is 0 Å². The Bertz CT molecular complexity index is 459. The molecule has 1 unspecified atom stereocenters. The van der Waals surface area contributed by atoms with Crippen LogP contribution in [0.2, 0.25) is 0 Å². The first-order valence-corrected chi connectivity index (χ1v) is 7.44. The summed E-state index contributed by atoms with van der Waals surface area (Å²) in [6.45, 7) is 1.99. The van der Waals surface area contributed by atoms with Crippen LogP contribution in [0.4, 0.5) is 0 Å². The van der Waals surface area contributed by atoms with Gasteiger partial charge in [-0.1, -0.05) is 12.1 Å². The highest BCUT2D eigenvalue weighted by molar-refractivity contribution is 5.81. The Kier molecular flexibility index (Phi) is 6.02. The Balaban J connectivity index is 1.75. The van der Waals surface area contributed by atoms with Gasteiger partial charge >= 0.3 is 0 Å². The highest BCUT2D eigenvalue weighted by Crippen LogP contribution is 2.17. The fraction of sp³-hybridized carbons (Fsp3) is 0.562. The lowest BCUT2D eigenvalue weighted by molar-refractivity contribution is -0.124. The number of hydrogen-bond acceptors (Lipinski definition) is 4. The van der Waals surface area contributed by atoms with Gasteiger partial charge in [0.2, 0.25) is 5.91 Å².